The van der Waals surface area contributed by atoms with Crippen LogP contribution >= 0.6 is 45.3 Å². The summed E-state index contributed by atoms with van der Waals surface area (Å²) in [5.74, 6) is 0. The molecule has 0 aliphatic rings. The molecule has 4 heteroatoms. The zero-order valence-electron chi connectivity index (χ0n) is 24.5. The summed E-state index contributed by atoms with van der Waals surface area (Å²) in [6.07, 6.45) is 0. The van der Waals surface area contributed by atoms with Gasteiger partial charge < -0.3 is 0 Å². The second-order valence-corrected chi connectivity index (χ2v) is 15.8. The maximum absolute atomic E-state index is 2.35. The Morgan fingerprint density at radius 1 is 0.304 bits per heavy atom. The van der Waals surface area contributed by atoms with Crippen molar-refractivity contribution < 1.29 is 0 Å². The summed E-state index contributed by atoms with van der Waals surface area (Å²) >= 11 is 7.40. The molecule has 4 heterocycles. The van der Waals surface area contributed by atoms with E-state index in [-0.39, 0.29) is 0 Å². The monoisotopic (exact) mass is 656 g/mol. The maximum atomic E-state index is 2.35. The minimum atomic E-state index is 1.26. The summed E-state index contributed by atoms with van der Waals surface area (Å²) in [5, 5.41) is 12.3. The highest BCUT2D eigenvalue weighted by Crippen LogP contribution is 2.43. The summed E-state index contributed by atoms with van der Waals surface area (Å²) in [6, 6.07) is 50.0. The first kappa shape index (κ1) is 26.6. The van der Waals surface area contributed by atoms with Crippen LogP contribution in [0.3, 0.4) is 0 Å². The van der Waals surface area contributed by atoms with Crippen molar-refractivity contribution >= 4 is 96.5 Å². The van der Waals surface area contributed by atoms with Crippen molar-refractivity contribution in [3.05, 3.63) is 144 Å². The van der Waals surface area contributed by atoms with Crippen LogP contribution in [0.2, 0.25) is 0 Å². The van der Waals surface area contributed by atoms with E-state index in [9.17, 15) is 0 Å². The van der Waals surface area contributed by atoms with Crippen LogP contribution in [-0.2, 0) is 0 Å². The Bertz CT molecular complexity index is 2540. The van der Waals surface area contributed by atoms with Crippen molar-refractivity contribution in [1.29, 1.82) is 0 Å². The van der Waals surface area contributed by atoms with Gasteiger partial charge in [0.2, 0.25) is 0 Å². The fourth-order valence-corrected chi connectivity index (χ4v) is 10.6. The topological polar surface area (TPSA) is 0 Å². The molecule has 0 unspecified atom stereocenters. The van der Waals surface area contributed by atoms with E-state index in [2.05, 4.69) is 144 Å². The Kier molecular flexibility index (Phi) is 6.06. The first-order chi connectivity index (χ1) is 22.7. The van der Waals surface area contributed by atoms with Gasteiger partial charge >= 0.3 is 0 Å². The van der Waals surface area contributed by atoms with Crippen LogP contribution in [0, 0.1) is 0 Å². The summed E-state index contributed by atoms with van der Waals surface area (Å²) in [7, 11) is 0. The first-order valence-corrected chi connectivity index (χ1v) is 18.7. The summed E-state index contributed by atoms with van der Waals surface area (Å²) in [6.45, 7) is 0. The molecule has 46 heavy (non-hydrogen) atoms. The van der Waals surface area contributed by atoms with Crippen molar-refractivity contribution in [2.75, 3.05) is 0 Å². The molecule has 0 nitrogen and oxygen atoms in total. The van der Waals surface area contributed by atoms with Gasteiger partial charge in [0.15, 0.2) is 0 Å². The summed E-state index contributed by atoms with van der Waals surface area (Å²) in [5.41, 5.74) is 7.60. The molecule has 0 radical (unpaired) electrons. The molecule has 216 valence electrons. The van der Waals surface area contributed by atoms with Crippen LogP contribution in [0.4, 0.5) is 0 Å². The third-order valence-electron chi connectivity index (χ3n) is 9.07. The standard InChI is InChI=1S/C42H24S4/c1-5-27(6-2-25(1)29-11-15-37-31(21-29)17-19-43-37)39-23-33-9-13-36-35(41(33)45-39)14-10-34-24-40(46-42(34)36)28-7-3-26(4-8-28)30-12-16-38-32(22-30)18-20-44-38/h1-24H. The molecule has 4 aromatic heterocycles. The zero-order chi connectivity index (χ0) is 30.2. The van der Waals surface area contributed by atoms with Crippen molar-refractivity contribution in [2.24, 2.45) is 0 Å². The van der Waals surface area contributed by atoms with Crippen LogP contribution in [0.5, 0.6) is 0 Å². The number of hydrogen-bond acceptors (Lipinski definition) is 4. The largest absolute Gasteiger partial charge is 0.144 e. The molecule has 0 saturated carbocycles. The normalized spacial score (nSPS) is 11.9. The highest BCUT2D eigenvalue weighted by Gasteiger charge is 2.13. The van der Waals surface area contributed by atoms with Crippen LogP contribution in [0.25, 0.3) is 94.3 Å². The lowest BCUT2D eigenvalue weighted by molar-refractivity contribution is 1.65. The van der Waals surface area contributed by atoms with Crippen molar-refractivity contribution in [2.45, 2.75) is 0 Å². The Balaban J connectivity index is 0.981. The maximum Gasteiger partial charge on any atom is 0.0428 e. The number of hydrogen-bond donors (Lipinski definition) is 0. The fourth-order valence-electron chi connectivity index (χ4n) is 6.63. The minimum Gasteiger partial charge on any atom is -0.144 e. The average Bonchev–Trinajstić information content (AvgIpc) is 3.93. The smallest absolute Gasteiger partial charge is 0.0428 e. The molecule has 0 N–H and O–H groups in total. The number of rotatable bonds is 4. The number of benzene rings is 6. The molecular formula is C42H24S4. The zero-order valence-corrected chi connectivity index (χ0v) is 27.8. The van der Waals surface area contributed by atoms with Crippen molar-refractivity contribution in [1.82, 2.24) is 0 Å². The lowest BCUT2D eigenvalue weighted by Gasteiger charge is -2.04. The second-order valence-electron chi connectivity index (χ2n) is 11.8. The highest BCUT2D eigenvalue weighted by atomic mass is 32.1. The number of fused-ring (bicyclic) bond motifs is 7. The molecule has 10 aromatic rings. The summed E-state index contributed by atoms with van der Waals surface area (Å²) in [4.78, 5) is 2.63. The quantitative estimate of drug-likeness (QED) is 0.177. The SMILES string of the molecule is c1cc2cc(-c3ccc(-c4cc5ccc6c(ccc7cc(-c8ccc(-c9ccc%10sccc%10c9)cc8)sc76)c5s4)cc3)ccc2s1. The van der Waals surface area contributed by atoms with Crippen molar-refractivity contribution in [3.63, 3.8) is 0 Å². The van der Waals surface area contributed by atoms with Gasteiger partial charge in [-0.25, -0.2) is 0 Å². The fraction of sp³-hybridized carbons (Fsp3) is 0. The molecule has 0 aliphatic heterocycles. The molecule has 0 aliphatic carbocycles. The molecular weight excluding hydrogens is 633 g/mol. The molecule has 0 atom stereocenters. The molecule has 0 spiro atoms. The van der Waals surface area contributed by atoms with E-state index in [0.717, 1.165) is 0 Å². The van der Waals surface area contributed by atoms with Gasteiger partial charge in [-0.05, 0) is 114 Å². The van der Waals surface area contributed by atoms with E-state index in [1.54, 1.807) is 22.7 Å². The van der Waals surface area contributed by atoms with Crippen LogP contribution in [0.15, 0.2) is 144 Å². The first-order valence-electron chi connectivity index (χ1n) is 15.3. The molecule has 0 bridgehead atoms. The molecule has 0 fully saturated rings. The Morgan fingerprint density at radius 2 is 0.717 bits per heavy atom. The van der Waals surface area contributed by atoms with Gasteiger partial charge in [0, 0.05) is 39.3 Å². The van der Waals surface area contributed by atoms with Gasteiger partial charge in [-0.1, -0.05) is 84.9 Å². The molecule has 6 aromatic carbocycles. The molecule has 0 saturated heterocycles. The minimum absolute atomic E-state index is 1.26. The van der Waals surface area contributed by atoms with Crippen LogP contribution in [-0.4, -0.2) is 0 Å². The van der Waals surface area contributed by atoms with E-state index >= 15 is 0 Å². The third-order valence-corrected chi connectivity index (χ3v) is 13.3. The van der Waals surface area contributed by atoms with E-state index in [1.807, 2.05) is 22.7 Å². The van der Waals surface area contributed by atoms with E-state index in [4.69, 9.17) is 0 Å². The van der Waals surface area contributed by atoms with Crippen LogP contribution in [0.1, 0.15) is 0 Å². The van der Waals surface area contributed by atoms with Crippen LogP contribution < -0.4 is 0 Å². The van der Waals surface area contributed by atoms with E-state index < -0.39 is 0 Å². The van der Waals surface area contributed by atoms with Gasteiger partial charge in [0.05, 0.1) is 0 Å². The highest BCUT2D eigenvalue weighted by molar-refractivity contribution is 7.24. The Morgan fingerprint density at radius 3 is 1.17 bits per heavy atom. The lowest BCUT2D eigenvalue weighted by atomic mass is 10.0. The molecule has 0 amide bonds. The third kappa shape index (κ3) is 4.37. The predicted octanol–water partition coefficient (Wildman–Crippen LogP) is 14.4. The van der Waals surface area contributed by atoms with E-state index in [0.29, 0.717) is 0 Å². The average molecular weight is 657 g/mol. The van der Waals surface area contributed by atoms with Gasteiger partial charge in [0.25, 0.3) is 0 Å². The van der Waals surface area contributed by atoms with Gasteiger partial charge in [0.1, 0.15) is 0 Å². The number of thiophene rings is 4. The van der Waals surface area contributed by atoms with Gasteiger partial charge in [-0.2, -0.15) is 0 Å². The predicted molar refractivity (Wildman–Crippen MR) is 207 cm³/mol. The van der Waals surface area contributed by atoms with E-state index in [1.165, 1.54) is 94.3 Å². The summed E-state index contributed by atoms with van der Waals surface area (Å²) < 4.78 is 5.41. The molecule has 10 rings (SSSR count). The van der Waals surface area contributed by atoms with Gasteiger partial charge in [-0.15, -0.1) is 45.3 Å². The van der Waals surface area contributed by atoms with Gasteiger partial charge in [-0.3, -0.25) is 0 Å². The second kappa shape index (κ2) is 10.5. The van der Waals surface area contributed by atoms with Crippen molar-refractivity contribution in [3.8, 4) is 43.1 Å². The lowest BCUT2D eigenvalue weighted by Crippen LogP contribution is -1.78. The Labute approximate surface area is 282 Å². The Hall–Kier alpha value is -4.58.